The first-order valence-corrected chi connectivity index (χ1v) is 10.3. The van der Waals surface area contributed by atoms with E-state index in [2.05, 4.69) is 23.7 Å². The van der Waals surface area contributed by atoms with Crippen LogP contribution in [0.5, 0.6) is 0 Å². The van der Waals surface area contributed by atoms with Gasteiger partial charge in [-0.15, -0.1) is 0 Å². The van der Waals surface area contributed by atoms with Crippen molar-refractivity contribution in [2.24, 2.45) is 0 Å². The molecular weight excluding hydrogens is 372 g/mol. The first-order valence-electron chi connectivity index (χ1n) is 10.3. The second-order valence-corrected chi connectivity index (χ2v) is 6.61. The van der Waals surface area contributed by atoms with E-state index >= 15 is 0 Å². The maximum Gasteiger partial charge on any atom is 0.253 e. The molecule has 0 fully saturated rings. The highest BCUT2D eigenvalue weighted by Gasteiger charge is 2.12. The van der Waals surface area contributed by atoms with Crippen molar-refractivity contribution in [3.63, 3.8) is 0 Å². The van der Waals surface area contributed by atoms with Crippen molar-refractivity contribution in [3.05, 3.63) is 70.8 Å². The summed E-state index contributed by atoms with van der Waals surface area (Å²) in [6, 6.07) is 14.5. The molecule has 0 N–H and O–H groups in total. The topological polar surface area (TPSA) is 40.6 Å². The number of hydrogen-bond acceptors (Lipinski definition) is 2. The number of benzene rings is 2. The van der Waals surface area contributed by atoms with Crippen molar-refractivity contribution < 1.29 is 9.59 Å². The highest BCUT2D eigenvalue weighted by Crippen LogP contribution is 2.08. The van der Waals surface area contributed by atoms with Crippen LogP contribution in [0.4, 0.5) is 0 Å². The van der Waals surface area contributed by atoms with E-state index in [-0.39, 0.29) is 11.8 Å². The molecule has 0 aliphatic carbocycles. The van der Waals surface area contributed by atoms with Crippen LogP contribution in [0, 0.1) is 23.7 Å². The van der Waals surface area contributed by atoms with Crippen LogP contribution in [0.1, 0.15) is 59.5 Å². The van der Waals surface area contributed by atoms with Gasteiger partial charge in [0.15, 0.2) is 0 Å². The Morgan fingerprint density at radius 2 is 0.900 bits per heavy atom. The van der Waals surface area contributed by atoms with Crippen LogP contribution < -0.4 is 0 Å². The summed E-state index contributed by atoms with van der Waals surface area (Å²) in [5.41, 5.74) is 2.94. The maximum absolute atomic E-state index is 12.3. The molecule has 0 unspecified atom stereocenters. The van der Waals surface area contributed by atoms with Gasteiger partial charge in [-0.1, -0.05) is 11.8 Å². The number of nitrogens with zero attached hydrogens (tertiary/aromatic N) is 2. The van der Waals surface area contributed by atoms with E-state index in [0.717, 1.165) is 11.1 Å². The van der Waals surface area contributed by atoms with Crippen LogP contribution in [-0.4, -0.2) is 47.8 Å². The lowest BCUT2D eigenvalue weighted by atomic mass is 10.1. The molecule has 0 atom stereocenters. The zero-order chi connectivity index (χ0) is 21.9. The van der Waals surface area contributed by atoms with Gasteiger partial charge in [-0.25, -0.2) is 0 Å². The van der Waals surface area contributed by atoms with Crippen LogP contribution >= 0.6 is 0 Å². The molecule has 0 heterocycles. The van der Waals surface area contributed by atoms with Gasteiger partial charge in [-0.2, -0.15) is 0 Å². The maximum atomic E-state index is 12.3. The predicted molar refractivity (Wildman–Crippen MR) is 121 cm³/mol. The minimum absolute atomic E-state index is 0.0298. The van der Waals surface area contributed by atoms with Crippen molar-refractivity contribution in [2.45, 2.75) is 27.7 Å². The molecule has 2 rings (SSSR count). The second-order valence-electron chi connectivity index (χ2n) is 6.61. The van der Waals surface area contributed by atoms with E-state index in [1.54, 1.807) is 34.1 Å². The summed E-state index contributed by atoms with van der Waals surface area (Å²) < 4.78 is 0. The number of carbonyl (C=O) groups is 2. The monoisotopic (exact) mass is 400 g/mol. The van der Waals surface area contributed by atoms with Crippen molar-refractivity contribution >= 4 is 11.8 Å². The quantitative estimate of drug-likeness (QED) is 0.687. The third kappa shape index (κ3) is 6.00. The fourth-order valence-electron chi connectivity index (χ4n) is 2.99. The Balaban J connectivity index is 2.03. The molecule has 0 aliphatic rings. The molecule has 4 nitrogen and oxygen atoms in total. The van der Waals surface area contributed by atoms with E-state index in [1.165, 1.54) is 0 Å². The fraction of sp³-hybridized carbons (Fsp3) is 0.308. The van der Waals surface area contributed by atoms with Crippen molar-refractivity contribution in [1.82, 2.24) is 9.80 Å². The molecule has 2 aromatic rings. The van der Waals surface area contributed by atoms with E-state index < -0.39 is 0 Å². The zero-order valence-electron chi connectivity index (χ0n) is 18.2. The molecule has 0 aliphatic heterocycles. The Hall–Kier alpha value is -3.50. The highest BCUT2D eigenvalue weighted by molar-refractivity contribution is 5.94. The summed E-state index contributed by atoms with van der Waals surface area (Å²) in [6.45, 7) is 10.6. The Bertz CT molecular complexity index is 892. The molecule has 0 bridgehead atoms. The van der Waals surface area contributed by atoms with Crippen molar-refractivity contribution in [2.75, 3.05) is 26.2 Å². The lowest BCUT2D eigenvalue weighted by Gasteiger charge is -2.18. The summed E-state index contributed by atoms with van der Waals surface area (Å²) in [6.07, 6.45) is 0. The Morgan fingerprint density at radius 1 is 0.600 bits per heavy atom. The van der Waals surface area contributed by atoms with E-state index in [0.29, 0.717) is 37.3 Å². The van der Waals surface area contributed by atoms with Gasteiger partial charge in [0.2, 0.25) is 0 Å². The van der Waals surface area contributed by atoms with Crippen LogP contribution in [-0.2, 0) is 0 Å². The van der Waals surface area contributed by atoms with Gasteiger partial charge in [0.1, 0.15) is 0 Å². The summed E-state index contributed by atoms with van der Waals surface area (Å²) in [5, 5.41) is 0. The van der Waals surface area contributed by atoms with Crippen LogP contribution in [0.25, 0.3) is 0 Å². The van der Waals surface area contributed by atoms with Crippen LogP contribution in [0.15, 0.2) is 48.5 Å². The van der Waals surface area contributed by atoms with Gasteiger partial charge in [-0.05, 0) is 88.1 Å². The average molecular weight is 401 g/mol. The minimum Gasteiger partial charge on any atom is -0.339 e. The van der Waals surface area contributed by atoms with Gasteiger partial charge >= 0.3 is 0 Å². The molecule has 0 spiro atoms. The Morgan fingerprint density at radius 3 is 1.17 bits per heavy atom. The molecule has 0 saturated carbocycles. The Labute approximate surface area is 179 Å². The van der Waals surface area contributed by atoms with Gasteiger partial charge in [0, 0.05) is 48.4 Å². The lowest BCUT2D eigenvalue weighted by molar-refractivity contribution is 0.0765. The predicted octanol–water partition coefficient (Wildman–Crippen LogP) is 4.05. The molecular formula is C26H28N2O2. The van der Waals surface area contributed by atoms with Crippen LogP contribution in [0.2, 0.25) is 0 Å². The van der Waals surface area contributed by atoms with Crippen LogP contribution in [0.3, 0.4) is 0 Å². The van der Waals surface area contributed by atoms with Gasteiger partial charge in [-0.3, -0.25) is 9.59 Å². The smallest absolute Gasteiger partial charge is 0.253 e. The summed E-state index contributed by atoms with van der Waals surface area (Å²) in [7, 11) is 0. The highest BCUT2D eigenvalue weighted by atomic mass is 16.2. The number of carbonyl (C=O) groups excluding carboxylic acids is 2. The molecule has 2 amide bonds. The first-order chi connectivity index (χ1) is 14.5. The van der Waals surface area contributed by atoms with Crippen molar-refractivity contribution in [1.29, 1.82) is 0 Å². The normalized spacial score (nSPS) is 9.60. The molecule has 2 aromatic carbocycles. The van der Waals surface area contributed by atoms with E-state index in [4.69, 9.17) is 0 Å². The van der Waals surface area contributed by atoms with E-state index in [1.807, 2.05) is 52.0 Å². The van der Waals surface area contributed by atoms with E-state index in [9.17, 15) is 9.59 Å². The number of hydrogen-bond donors (Lipinski definition) is 0. The zero-order valence-corrected chi connectivity index (χ0v) is 18.2. The molecule has 30 heavy (non-hydrogen) atoms. The number of rotatable bonds is 6. The molecule has 0 aromatic heterocycles. The summed E-state index contributed by atoms with van der Waals surface area (Å²) >= 11 is 0. The SMILES string of the molecule is CCN(CC)C(=O)c1ccc(C#CC#Cc2ccc(C(=O)N(CC)CC)cc2)cc1. The molecule has 4 heteroatoms. The summed E-state index contributed by atoms with van der Waals surface area (Å²) in [5.74, 6) is 11.7. The third-order valence-electron chi connectivity index (χ3n) is 4.84. The summed E-state index contributed by atoms with van der Waals surface area (Å²) in [4.78, 5) is 28.2. The second kappa shape index (κ2) is 11.5. The lowest BCUT2D eigenvalue weighted by Crippen LogP contribution is -2.30. The van der Waals surface area contributed by atoms with Gasteiger partial charge in [0.25, 0.3) is 11.8 Å². The fourth-order valence-corrected chi connectivity index (χ4v) is 2.99. The first kappa shape index (κ1) is 22.8. The van der Waals surface area contributed by atoms with Gasteiger partial charge in [0.05, 0.1) is 0 Å². The van der Waals surface area contributed by atoms with Crippen molar-refractivity contribution in [3.8, 4) is 23.7 Å². The molecule has 0 saturated heterocycles. The molecule has 154 valence electrons. The minimum atomic E-state index is 0.0298. The van der Waals surface area contributed by atoms with Gasteiger partial charge < -0.3 is 9.80 Å². The average Bonchev–Trinajstić information content (AvgIpc) is 2.79. The number of amides is 2. The standard InChI is InChI=1S/C26H28N2O2/c1-5-27(6-2)25(29)23-17-13-21(14-18-23)11-9-10-12-22-15-19-24(20-16-22)26(30)28(7-3)8-4/h13-20H,5-8H2,1-4H3. The molecule has 0 radical (unpaired) electrons. The largest absolute Gasteiger partial charge is 0.339 e. The third-order valence-corrected chi connectivity index (χ3v) is 4.84. The Kier molecular flexibility index (Phi) is 8.73.